The minimum atomic E-state index is -0.0809. The Labute approximate surface area is 112 Å². The van der Waals surface area contributed by atoms with E-state index in [0.717, 1.165) is 11.1 Å². The zero-order valence-corrected chi connectivity index (χ0v) is 11.1. The van der Waals surface area contributed by atoms with E-state index in [1.54, 1.807) is 26.7 Å². The Morgan fingerprint density at radius 2 is 2.11 bits per heavy atom. The highest BCUT2D eigenvalue weighted by molar-refractivity contribution is 5.48. The molecule has 1 atom stereocenters. The fourth-order valence-electron chi connectivity index (χ4n) is 2.09. The standard InChI is InChI=1S/C14H18N2O3/c1-17-13-5-3-4-11(14(13)18-2)12(16-15)8-10-6-7-19-9-10/h3-7,9,12,16H,8,15H2,1-2H3. The van der Waals surface area contributed by atoms with Gasteiger partial charge in [-0.05, 0) is 24.1 Å². The van der Waals surface area contributed by atoms with Crippen molar-refractivity contribution in [1.82, 2.24) is 5.43 Å². The van der Waals surface area contributed by atoms with E-state index in [-0.39, 0.29) is 6.04 Å². The molecule has 0 amide bonds. The lowest BCUT2D eigenvalue weighted by molar-refractivity contribution is 0.346. The molecule has 3 N–H and O–H groups in total. The first kappa shape index (κ1) is 13.5. The van der Waals surface area contributed by atoms with Gasteiger partial charge < -0.3 is 13.9 Å². The first-order chi connectivity index (χ1) is 9.30. The SMILES string of the molecule is COc1cccc(C(Cc2ccoc2)NN)c1OC. The predicted octanol–water partition coefficient (Wildman–Crippen LogP) is 2.04. The first-order valence-corrected chi connectivity index (χ1v) is 5.98. The molecule has 102 valence electrons. The van der Waals surface area contributed by atoms with E-state index in [4.69, 9.17) is 19.7 Å². The van der Waals surface area contributed by atoms with Crippen LogP contribution in [-0.2, 0) is 6.42 Å². The van der Waals surface area contributed by atoms with E-state index in [1.165, 1.54) is 0 Å². The van der Waals surface area contributed by atoms with Gasteiger partial charge in [0.15, 0.2) is 11.5 Å². The van der Waals surface area contributed by atoms with Crippen LogP contribution in [0.15, 0.2) is 41.2 Å². The predicted molar refractivity (Wildman–Crippen MR) is 72.0 cm³/mol. The van der Waals surface area contributed by atoms with Crippen molar-refractivity contribution in [2.45, 2.75) is 12.5 Å². The molecule has 1 heterocycles. The van der Waals surface area contributed by atoms with E-state index in [9.17, 15) is 0 Å². The zero-order chi connectivity index (χ0) is 13.7. The van der Waals surface area contributed by atoms with E-state index in [2.05, 4.69) is 5.43 Å². The molecule has 0 bridgehead atoms. The van der Waals surface area contributed by atoms with Gasteiger partial charge >= 0.3 is 0 Å². The topological polar surface area (TPSA) is 69.7 Å². The van der Waals surface area contributed by atoms with Gasteiger partial charge in [0.05, 0.1) is 32.8 Å². The molecular formula is C14H18N2O3. The number of nitrogens with one attached hydrogen (secondary N) is 1. The maximum Gasteiger partial charge on any atom is 0.165 e. The molecule has 19 heavy (non-hydrogen) atoms. The molecule has 2 aromatic rings. The molecule has 0 aliphatic rings. The van der Waals surface area contributed by atoms with Gasteiger partial charge in [0, 0.05) is 5.56 Å². The van der Waals surface area contributed by atoms with Crippen LogP contribution in [0.1, 0.15) is 17.2 Å². The van der Waals surface area contributed by atoms with Gasteiger partial charge in [0.2, 0.25) is 0 Å². The van der Waals surface area contributed by atoms with Gasteiger partial charge in [0.25, 0.3) is 0 Å². The fraction of sp³-hybridized carbons (Fsp3) is 0.286. The average Bonchev–Trinajstić information content (AvgIpc) is 2.96. The van der Waals surface area contributed by atoms with E-state index in [1.807, 2.05) is 24.3 Å². The Kier molecular flexibility index (Phi) is 4.43. The number of benzene rings is 1. The van der Waals surface area contributed by atoms with Crippen molar-refractivity contribution in [2.75, 3.05) is 14.2 Å². The second kappa shape index (κ2) is 6.26. The Hall–Kier alpha value is -1.98. The maximum absolute atomic E-state index is 5.66. The van der Waals surface area contributed by atoms with Crippen molar-refractivity contribution in [3.8, 4) is 11.5 Å². The minimum absolute atomic E-state index is 0.0809. The first-order valence-electron chi connectivity index (χ1n) is 5.98. The number of furan rings is 1. The summed E-state index contributed by atoms with van der Waals surface area (Å²) in [6.07, 6.45) is 4.05. The van der Waals surface area contributed by atoms with E-state index in [0.29, 0.717) is 17.9 Å². The summed E-state index contributed by atoms with van der Waals surface area (Å²) in [4.78, 5) is 0. The van der Waals surface area contributed by atoms with Crippen LogP contribution < -0.4 is 20.7 Å². The van der Waals surface area contributed by atoms with Crippen LogP contribution in [0.3, 0.4) is 0 Å². The van der Waals surface area contributed by atoms with Crippen LogP contribution in [0.2, 0.25) is 0 Å². The summed E-state index contributed by atoms with van der Waals surface area (Å²) in [7, 11) is 3.23. The lowest BCUT2D eigenvalue weighted by Gasteiger charge is -2.20. The van der Waals surface area contributed by atoms with Crippen LogP contribution >= 0.6 is 0 Å². The molecular weight excluding hydrogens is 244 g/mol. The average molecular weight is 262 g/mol. The summed E-state index contributed by atoms with van der Waals surface area (Å²) in [5.41, 5.74) is 4.82. The Balaban J connectivity index is 2.32. The largest absolute Gasteiger partial charge is 0.493 e. The summed E-state index contributed by atoms with van der Waals surface area (Å²) >= 11 is 0. The molecule has 1 aromatic heterocycles. The van der Waals surface area contributed by atoms with E-state index < -0.39 is 0 Å². The number of hydrogen-bond donors (Lipinski definition) is 2. The van der Waals surface area contributed by atoms with Crippen molar-refractivity contribution >= 4 is 0 Å². The third kappa shape index (κ3) is 2.89. The van der Waals surface area contributed by atoms with Crippen LogP contribution in [0.5, 0.6) is 11.5 Å². The summed E-state index contributed by atoms with van der Waals surface area (Å²) in [5, 5.41) is 0. The molecule has 1 unspecified atom stereocenters. The third-order valence-electron chi connectivity index (χ3n) is 3.03. The molecule has 5 heteroatoms. The van der Waals surface area contributed by atoms with E-state index >= 15 is 0 Å². The van der Waals surface area contributed by atoms with Crippen molar-refractivity contribution in [1.29, 1.82) is 0 Å². The number of methoxy groups -OCH3 is 2. The molecule has 0 aliphatic carbocycles. The van der Waals surface area contributed by atoms with Gasteiger partial charge in [-0.3, -0.25) is 11.3 Å². The molecule has 0 saturated heterocycles. The third-order valence-corrected chi connectivity index (χ3v) is 3.03. The normalized spacial score (nSPS) is 12.2. The van der Waals surface area contributed by atoms with Crippen molar-refractivity contribution < 1.29 is 13.9 Å². The molecule has 0 radical (unpaired) electrons. The minimum Gasteiger partial charge on any atom is -0.493 e. The number of hydrogen-bond acceptors (Lipinski definition) is 5. The van der Waals surface area contributed by atoms with Crippen molar-refractivity contribution in [3.05, 3.63) is 47.9 Å². The lowest BCUT2D eigenvalue weighted by Crippen LogP contribution is -2.29. The van der Waals surface area contributed by atoms with Crippen molar-refractivity contribution in [3.63, 3.8) is 0 Å². The second-order valence-corrected chi connectivity index (χ2v) is 4.14. The van der Waals surface area contributed by atoms with Gasteiger partial charge in [0.1, 0.15) is 0 Å². The van der Waals surface area contributed by atoms with Gasteiger partial charge in [-0.15, -0.1) is 0 Å². The number of ether oxygens (including phenoxy) is 2. The molecule has 0 aliphatic heterocycles. The number of nitrogens with two attached hydrogens (primary N) is 1. The highest BCUT2D eigenvalue weighted by atomic mass is 16.5. The quantitative estimate of drug-likeness (QED) is 0.616. The number of hydrazine groups is 1. The van der Waals surface area contributed by atoms with Crippen LogP contribution in [0.25, 0.3) is 0 Å². The molecule has 2 rings (SSSR count). The Bertz CT molecular complexity index is 511. The second-order valence-electron chi connectivity index (χ2n) is 4.14. The lowest BCUT2D eigenvalue weighted by atomic mass is 9.99. The summed E-state index contributed by atoms with van der Waals surface area (Å²) < 4.78 is 15.8. The highest BCUT2D eigenvalue weighted by Gasteiger charge is 2.18. The van der Waals surface area contributed by atoms with Crippen LogP contribution in [0.4, 0.5) is 0 Å². The summed E-state index contributed by atoms with van der Waals surface area (Å²) in [6, 6.07) is 7.57. The highest BCUT2D eigenvalue weighted by Crippen LogP contribution is 2.35. The van der Waals surface area contributed by atoms with Gasteiger partial charge in [-0.1, -0.05) is 12.1 Å². The zero-order valence-electron chi connectivity index (χ0n) is 11.1. The van der Waals surface area contributed by atoms with Gasteiger partial charge in [-0.25, -0.2) is 0 Å². The summed E-state index contributed by atoms with van der Waals surface area (Å²) in [5.74, 6) is 7.04. The molecule has 0 fully saturated rings. The number of rotatable bonds is 6. The molecule has 0 spiro atoms. The van der Waals surface area contributed by atoms with Gasteiger partial charge in [-0.2, -0.15) is 0 Å². The van der Waals surface area contributed by atoms with Crippen molar-refractivity contribution in [2.24, 2.45) is 5.84 Å². The smallest absolute Gasteiger partial charge is 0.165 e. The number of para-hydroxylation sites is 1. The Morgan fingerprint density at radius 1 is 1.26 bits per heavy atom. The molecule has 1 aromatic carbocycles. The Morgan fingerprint density at radius 3 is 2.68 bits per heavy atom. The molecule has 5 nitrogen and oxygen atoms in total. The van der Waals surface area contributed by atoms with Crippen LogP contribution in [0, 0.1) is 0 Å². The fourth-order valence-corrected chi connectivity index (χ4v) is 2.09. The molecule has 0 saturated carbocycles. The summed E-state index contributed by atoms with van der Waals surface area (Å²) in [6.45, 7) is 0. The van der Waals surface area contributed by atoms with Crippen LogP contribution in [-0.4, -0.2) is 14.2 Å². The monoisotopic (exact) mass is 262 g/mol. The maximum atomic E-state index is 5.66.